The topological polar surface area (TPSA) is 43.4 Å². The molecule has 0 aromatic carbocycles. The predicted octanol–water partition coefficient (Wildman–Crippen LogP) is 1.35. The third kappa shape index (κ3) is 2.14. The van der Waals surface area contributed by atoms with E-state index >= 15 is 0 Å². The number of hydrogen-bond donors (Lipinski definition) is 0. The highest BCUT2D eigenvalue weighted by atomic mass is 32.2. The number of hydrogen-bond acceptors (Lipinski definition) is 3. The van der Waals surface area contributed by atoms with Crippen LogP contribution >= 0.6 is 9.24 Å². The molecule has 0 saturated carbocycles. The SMILES string of the molecule is CCC(P)(CC)S(=O)(=O)OC. The fraction of sp³-hybridized carbons (Fsp3) is 1.00. The molecule has 0 aromatic rings. The zero-order valence-corrected chi connectivity index (χ0v) is 9.10. The van der Waals surface area contributed by atoms with Gasteiger partial charge in [-0.15, -0.1) is 9.24 Å². The van der Waals surface area contributed by atoms with Crippen LogP contribution in [0.4, 0.5) is 0 Å². The fourth-order valence-electron chi connectivity index (χ4n) is 0.770. The van der Waals surface area contributed by atoms with E-state index in [0.717, 1.165) is 0 Å². The highest BCUT2D eigenvalue weighted by Gasteiger charge is 2.35. The molecule has 68 valence electrons. The maximum atomic E-state index is 11.2. The van der Waals surface area contributed by atoms with Crippen LogP contribution in [0.5, 0.6) is 0 Å². The first-order valence-corrected chi connectivity index (χ1v) is 5.51. The van der Waals surface area contributed by atoms with Crippen LogP contribution in [0.25, 0.3) is 0 Å². The van der Waals surface area contributed by atoms with E-state index in [2.05, 4.69) is 13.4 Å². The Morgan fingerprint density at radius 1 is 1.36 bits per heavy atom. The summed E-state index contributed by atoms with van der Waals surface area (Å²) in [5, 5.41) is 0. The van der Waals surface area contributed by atoms with Crippen molar-refractivity contribution in [2.24, 2.45) is 0 Å². The normalized spacial score (nSPS) is 13.5. The molecule has 0 spiro atoms. The van der Waals surface area contributed by atoms with Gasteiger partial charge in [0.1, 0.15) is 4.49 Å². The lowest BCUT2D eigenvalue weighted by Gasteiger charge is -2.24. The highest BCUT2D eigenvalue weighted by molar-refractivity contribution is 7.92. The summed E-state index contributed by atoms with van der Waals surface area (Å²) in [5.41, 5.74) is 0. The minimum atomic E-state index is -3.40. The van der Waals surface area contributed by atoms with Gasteiger partial charge in [-0.2, -0.15) is 8.42 Å². The predicted molar refractivity (Wildman–Crippen MR) is 49.0 cm³/mol. The Kier molecular flexibility index (Phi) is 3.95. The molecule has 3 nitrogen and oxygen atoms in total. The lowest BCUT2D eigenvalue weighted by Crippen LogP contribution is -2.31. The molecule has 0 radical (unpaired) electrons. The molecule has 1 unspecified atom stereocenters. The average molecular weight is 198 g/mol. The first-order valence-electron chi connectivity index (χ1n) is 3.52. The van der Waals surface area contributed by atoms with Crippen LogP contribution in [-0.4, -0.2) is 20.0 Å². The molecule has 0 fully saturated rings. The minimum Gasteiger partial charge on any atom is -0.273 e. The lowest BCUT2D eigenvalue weighted by atomic mass is 10.2. The third-order valence-corrected chi connectivity index (χ3v) is 5.61. The average Bonchev–Trinajstić information content (AvgIpc) is 2.02. The summed E-state index contributed by atoms with van der Waals surface area (Å²) in [6, 6.07) is 0. The summed E-state index contributed by atoms with van der Waals surface area (Å²) in [7, 11) is 0.142. The molecule has 0 aliphatic carbocycles. The van der Waals surface area contributed by atoms with E-state index in [4.69, 9.17) is 0 Å². The van der Waals surface area contributed by atoms with E-state index in [0.29, 0.717) is 12.8 Å². The maximum Gasteiger partial charge on any atom is 0.276 e. The Balaban J connectivity index is 4.78. The van der Waals surface area contributed by atoms with Gasteiger partial charge in [-0.05, 0) is 12.8 Å². The molecule has 0 N–H and O–H groups in total. The first kappa shape index (κ1) is 11.3. The van der Waals surface area contributed by atoms with Crippen LogP contribution in [0.3, 0.4) is 0 Å². The molecule has 0 aliphatic heterocycles. The lowest BCUT2D eigenvalue weighted by molar-refractivity contribution is 0.378. The van der Waals surface area contributed by atoms with Crippen LogP contribution in [-0.2, 0) is 14.3 Å². The smallest absolute Gasteiger partial charge is 0.273 e. The van der Waals surface area contributed by atoms with Crippen LogP contribution in [0.15, 0.2) is 0 Å². The van der Waals surface area contributed by atoms with Crippen LogP contribution in [0.1, 0.15) is 26.7 Å². The second kappa shape index (κ2) is 3.83. The Morgan fingerprint density at radius 3 is 1.82 bits per heavy atom. The van der Waals surface area contributed by atoms with E-state index in [-0.39, 0.29) is 0 Å². The van der Waals surface area contributed by atoms with E-state index < -0.39 is 14.6 Å². The highest BCUT2D eigenvalue weighted by Crippen LogP contribution is 2.33. The van der Waals surface area contributed by atoms with E-state index in [1.165, 1.54) is 7.11 Å². The van der Waals surface area contributed by atoms with Crippen molar-refractivity contribution in [2.75, 3.05) is 7.11 Å². The molecule has 0 bridgehead atoms. The van der Waals surface area contributed by atoms with Gasteiger partial charge in [0, 0.05) is 0 Å². The Bertz CT molecular complexity index is 206. The second-order valence-electron chi connectivity index (χ2n) is 2.39. The van der Waals surface area contributed by atoms with Gasteiger partial charge >= 0.3 is 0 Å². The molecule has 0 saturated heterocycles. The Labute approximate surface area is 70.8 Å². The first-order chi connectivity index (χ1) is 4.93. The Hall–Kier alpha value is 0.340. The van der Waals surface area contributed by atoms with Crippen molar-refractivity contribution in [3.05, 3.63) is 0 Å². The van der Waals surface area contributed by atoms with Crippen LogP contribution < -0.4 is 0 Å². The van der Waals surface area contributed by atoms with Gasteiger partial charge < -0.3 is 0 Å². The number of rotatable bonds is 4. The van der Waals surface area contributed by atoms with Gasteiger partial charge in [-0.25, -0.2) is 0 Å². The molecular weight excluding hydrogens is 183 g/mol. The largest absolute Gasteiger partial charge is 0.276 e. The molecule has 0 amide bonds. The summed E-state index contributed by atoms with van der Waals surface area (Å²) >= 11 is 0. The van der Waals surface area contributed by atoms with Crippen molar-refractivity contribution in [3.8, 4) is 0 Å². The summed E-state index contributed by atoms with van der Waals surface area (Å²) < 4.78 is 26.1. The molecule has 0 aromatic heterocycles. The molecule has 0 heterocycles. The molecule has 0 rings (SSSR count). The van der Waals surface area contributed by atoms with Crippen molar-refractivity contribution in [1.82, 2.24) is 0 Å². The fourth-order valence-corrected chi connectivity index (χ4v) is 2.10. The molecule has 1 atom stereocenters. The summed E-state index contributed by atoms with van der Waals surface area (Å²) in [6.07, 6.45) is 1.09. The van der Waals surface area contributed by atoms with Gasteiger partial charge in [0.15, 0.2) is 0 Å². The minimum absolute atomic E-state index is 0.546. The van der Waals surface area contributed by atoms with Gasteiger partial charge in [0.25, 0.3) is 10.1 Å². The van der Waals surface area contributed by atoms with Gasteiger partial charge in [0.2, 0.25) is 0 Å². The van der Waals surface area contributed by atoms with Crippen molar-refractivity contribution in [2.45, 2.75) is 31.2 Å². The van der Waals surface area contributed by atoms with Crippen molar-refractivity contribution < 1.29 is 12.6 Å². The molecular formula is C6H15O3PS. The van der Waals surface area contributed by atoms with Crippen molar-refractivity contribution in [3.63, 3.8) is 0 Å². The molecule has 11 heavy (non-hydrogen) atoms. The standard InChI is InChI=1S/C6H15O3PS/c1-4-6(10,5-2)11(7,8)9-3/h4-5,10H2,1-3H3. The van der Waals surface area contributed by atoms with Gasteiger partial charge in [-0.3, -0.25) is 4.18 Å². The monoisotopic (exact) mass is 198 g/mol. The third-order valence-electron chi connectivity index (χ3n) is 1.91. The van der Waals surface area contributed by atoms with Gasteiger partial charge in [-0.1, -0.05) is 13.8 Å². The zero-order valence-electron chi connectivity index (χ0n) is 7.12. The Morgan fingerprint density at radius 2 is 1.73 bits per heavy atom. The maximum absolute atomic E-state index is 11.2. The summed E-state index contributed by atoms with van der Waals surface area (Å²) in [4.78, 5) is 0. The van der Waals surface area contributed by atoms with E-state index in [9.17, 15) is 8.42 Å². The zero-order chi connectivity index (χ0) is 9.12. The summed E-state index contributed by atoms with van der Waals surface area (Å²) in [5.74, 6) is 0. The van der Waals surface area contributed by atoms with Gasteiger partial charge in [0.05, 0.1) is 7.11 Å². The van der Waals surface area contributed by atoms with E-state index in [1.54, 1.807) is 0 Å². The summed E-state index contributed by atoms with van der Waals surface area (Å²) in [6.45, 7) is 3.65. The van der Waals surface area contributed by atoms with Crippen molar-refractivity contribution in [1.29, 1.82) is 0 Å². The van der Waals surface area contributed by atoms with Crippen LogP contribution in [0.2, 0.25) is 0 Å². The van der Waals surface area contributed by atoms with Crippen LogP contribution in [0, 0.1) is 0 Å². The van der Waals surface area contributed by atoms with Crippen molar-refractivity contribution >= 4 is 19.4 Å². The van der Waals surface area contributed by atoms with E-state index in [1.807, 2.05) is 13.8 Å². The molecule has 5 heteroatoms. The molecule has 0 aliphatic rings. The second-order valence-corrected chi connectivity index (χ2v) is 5.97. The quantitative estimate of drug-likeness (QED) is 0.506.